The predicted octanol–water partition coefficient (Wildman–Crippen LogP) is 1.62. The maximum absolute atomic E-state index is 13.8. The number of oxazole rings is 1. The number of nitrogens with zero attached hydrogens (tertiary/aromatic N) is 5. The zero-order valence-corrected chi connectivity index (χ0v) is 10.4. The van der Waals surface area contributed by atoms with Crippen molar-refractivity contribution in [2.45, 2.75) is 6.92 Å². The first-order valence-electron chi connectivity index (χ1n) is 5.68. The van der Waals surface area contributed by atoms with E-state index < -0.39 is 5.82 Å². The summed E-state index contributed by atoms with van der Waals surface area (Å²) in [7, 11) is 0. The minimum atomic E-state index is -0.544. The van der Waals surface area contributed by atoms with Crippen LogP contribution in [0.3, 0.4) is 0 Å². The fraction of sp³-hybridized carbons (Fsp3) is 0.0833. The number of halogens is 1. The second-order valence-electron chi connectivity index (χ2n) is 4.00. The molecule has 0 radical (unpaired) electrons. The maximum atomic E-state index is 13.8. The van der Waals surface area contributed by atoms with Crippen LogP contribution in [0.1, 0.15) is 5.76 Å². The molecule has 3 rings (SSSR count). The number of nitrogens with two attached hydrogens (primary N) is 1. The molecule has 3 aromatic rings. The van der Waals surface area contributed by atoms with Crippen molar-refractivity contribution in [3.63, 3.8) is 0 Å². The van der Waals surface area contributed by atoms with E-state index in [9.17, 15) is 4.39 Å². The molecule has 0 spiro atoms. The number of nitrogen functional groups attached to an aromatic ring is 1. The Morgan fingerprint density at radius 2 is 2.05 bits per heavy atom. The molecule has 0 atom stereocenters. The molecule has 20 heavy (non-hydrogen) atoms. The molecule has 0 saturated carbocycles. The number of aryl methyl sites for hydroxylation is 1. The Bertz CT molecular complexity index is 772. The van der Waals surface area contributed by atoms with E-state index in [1.807, 2.05) is 0 Å². The average molecular weight is 272 g/mol. The van der Waals surface area contributed by atoms with E-state index in [2.05, 4.69) is 25.1 Å². The van der Waals surface area contributed by atoms with Crippen LogP contribution in [0.15, 0.2) is 29.1 Å². The average Bonchev–Trinajstić information content (AvgIpc) is 2.86. The summed E-state index contributed by atoms with van der Waals surface area (Å²) in [6.07, 6.45) is 4.05. The number of pyridine rings is 1. The molecule has 0 bridgehead atoms. The minimum Gasteiger partial charge on any atom is -0.440 e. The Labute approximate surface area is 112 Å². The van der Waals surface area contributed by atoms with Crippen LogP contribution >= 0.6 is 0 Å². The van der Waals surface area contributed by atoms with E-state index in [0.29, 0.717) is 5.76 Å². The highest BCUT2D eigenvalue weighted by Crippen LogP contribution is 2.29. The van der Waals surface area contributed by atoms with Crippen LogP contribution in [-0.2, 0) is 0 Å². The van der Waals surface area contributed by atoms with Gasteiger partial charge in [-0.05, 0) is 13.0 Å². The molecule has 3 heterocycles. The highest BCUT2D eigenvalue weighted by atomic mass is 19.1. The van der Waals surface area contributed by atoms with E-state index in [-0.39, 0.29) is 28.8 Å². The lowest BCUT2D eigenvalue weighted by Gasteiger charge is -2.05. The monoisotopic (exact) mass is 272 g/mol. The maximum Gasteiger partial charge on any atom is 0.247 e. The summed E-state index contributed by atoms with van der Waals surface area (Å²) in [5.74, 6) is 0.209. The van der Waals surface area contributed by atoms with Gasteiger partial charge < -0.3 is 10.2 Å². The van der Waals surface area contributed by atoms with Crippen molar-refractivity contribution < 1.29 is 8.81 Å². The molecular formula is C12H9FN6O. The van der Waals surface area contributed by atoms with Crippen LogP contribution in [0.5, 0.6) is 0 Å². The Balaban J connectivity index is 2.24. The molecule has 7 nitrogen and oxygen atoms in total. The molecule has 3 aromatic heterocycles. The molecule has 2 N–H and O–H groups in total. The third-order valence-electron chi connectivity index (χ3n) is 2.55. The van der Waals surface area contributed by atoms with Crippen molar-refractivity contribution in [1.29, 1.82) is 0 Å². The second kappa shape index (κ2) is 4.65. The summed E-state index contributed by atoms with van der Waals surface area (Å²) >= 11 is 0. The zero-order chi connectivity index (χ0) is 14.1. The van der Waals surface area contributed by atoms with Gasteiger partial charge in [-0.25, -0.2) is 14.4 Å². The number of rotatable bonds is 2. The topological polar surface area (TPSA) is 104 Å². The Hall–Kier alpha value is -2.90. The summed E-state index contributed by atoms with van der Waals surface area (Å²) in [6, 6.07) is 1.47. The molecule has 0 aliphatic heterocycles. The molecule has 0 aromatic carbocycles. The smallest absolute Gasteiger partial charge is 0.247 e. The standard InChI is InChI=1S/C12H9FN6O/c1-6-4-16-11(20-6)10-9(18-19-12(14)17-10)7-2-3-15-5-8(7)13/h2-5H,1H3,(H2,14,17,19). The lowest BCUT2D eigenvalue weighted by Crippen LogP contribution is -2.03. The van der Waals surface area contributed by atoms with Gasteiger partial charge in [0.15, 0.2) is 11.5 Å². The molecule has 0 unspecified atom stereocenters. The number of hydrogen-bond acceptors (Lipinski definition) is 7. The van der Waals surface area contributed by atoms with E-state index in [1.54, 1.807) is 6.92 Å². The molecule has 0 saturated heterocycles. The summed E-state index contributed by atoms with van der Waals surface area (Å²) in [5.41, 5.74) is 6.15. The molecular weight excluding hydrogens is 263 g/mol. The fourth-order valence-corrected chi connectivity index (χ4v) is 1.70. The number of aromatic nitrogens is 5. The van der Waals surface area contributed by atoms with Gasteiger partial charge in [-0.1, -0.05) is 0 Å². The zero-order valence-electron chi connectivity index (χ0n) is 10.4. The lowest BCUT2D eigenvalue weighted by atomic mass is 10.1. The molecule has 0 aliphatic carbocycles. The van der Waals surface area contributed by atoms with Crippen molar-refractivity contribution in [2.75, 3.05) is 5.73 Å². The van der Waals surface area contributed by atoms with E-state index in [1.165, 1.54) is 18.5 Å². The third-order valence-corrected chi connectivity index (χ3v) is 2.55. The molecule has 0 aliphatic rings. The van der Waals surface area contributed by atoms with Gasteiger partial charge in [-0.15, -0.1) is 10.2 Å². The molecule has 0 amide bonds. The van der Waals surface area contributed by atoms with Gasteiger partial charge in [0.25, 0.3) is 0 Å². The normalized spacial score (nSPS) is 10.7. The van der Waals surface area contributed by atoms with Crippen LogP contribution in [-0.4, -0.2) is 25.1 Å². The summed E-state index contributed by atoms with van der Waals surface area (Å²) < 4.78 is 19.2. The summed E-state index contributed by atoms with van der Waals surface area (Å²) in [5, 5.41) is 7.54. The predicted molar refractivity (Wildman–Crippen MR) is 67.7 cm³/mol. The van der Waals surface area contributed by atoms with Crippen LogP contribution in [0.25, 0.3) is 22.8 Å². The van der Waals surface area contributed by atoms with Gasteiger partial charge in [0, 0.05) is 11.8 Å². The lowest BCUT2D eigenvalue weighted by molar-refractivity contribution is 0.540. The van der Waals surface area contributed by atoms with Crippen LogP contribution < -0.4 is 5.73 Å². The van der Waals surface area contributed by atoms with Crippen molar-refractivity contribution in [1.82, 2.24) is 25.1 Å². The highest BCUT2D eigenvalue weighted by molar-refractivity contribution is 5.74. The molecule has 100 valence electrons. The van der Waals surface area contributed by atoms with Crippen LogP contribution in [0.4, 0.5) is 10.3 Å². The molecule has 8 heteroatoms. The first kappa shape index (κ1) is 12.2. The third kappa shape index (κ3) is 2.07. The number of hydrogen-bond donors (Lipinski definition) is 1. The van der Waals surface area contributed by atoms with Crippen LogP contribution in [0, 0.1) is 12.7 Å². The van der Waals surface area contributed by atoms with E-state index in [0.717, 1.165) is 6.20 Å². The van der Waals surface area contributed by atoms with Gasteiger partial charge in [-0.3, -0.25) is 4.98 Å². The van der Waals surface area contributed by atoms with Gasteiger partial charge in [-0.2, -0.15) is 0 Å². The first-order chi connectivity index (χ1) is 9.65. The van der Waals surface area contributed by atoms with E-state index in [4.69, 9.17) is 10.2 Å². The van der Waals surface area contributed by atoms with Crippen molar-refractivity contribution >= 4 is 5.95 Å². The summed E-state index contributed by atoms with van der Waals surface area (Å²) in [6.45, 7) is 1.74. The Morgan fingerprint density at radius 3 is 2.75 bits per heavy atom. The van der Waals surface area contributed by atoms with Gasteiger partial charge in [0.05, 0.1) is 12.4 Å². The quantitative estimate of drug-likeness (QED) is 0.755. The Morgan fingerprint density at radius 1 is 1.20 bits per heavy atom. The first-order valence-corrected chi connectivity index (χ1v) is 5.68. The number of anilines is 1. The second-order valence-corrected chi connectivity index (χ2v) is 4.00. The SMILES string of the molecule is Cc1cnc(-c2nc(N)nnc2-c2ccncc2F)o1. The van der Waals surface area contributed by atoms with Gasteiger partial charge >= 0.3 is 0 Å². The molecule has 0 fully saturated rings. The largest absolute Gasteiger partial charge is 0.440 e. The van der Waals surface area contributed by atoms with Crippen molar-refractivity contribution in [3.8, 4) is 22.8 Å². The van der Waals surface area contributed by atoms with Gasteiger partial charge in [0.1, 0.15) is 11.5 Å². The highest BCUT2D eigenvalue weighted by Gasteiger charge is 2.19. The van der Waals surface area contributed by atoms with Crippen molar-refractivity contribution in [3.05, 3.63) is 36.2 Å². The van der Waals surface area contributed by atoms with Crippen molar-refractivity contribution in [2.24, 2.45) is 0 Å². The van der Waals surface area contributed by atoms with Crippen LogP contribution in [0.2, 0.25) is 0 Å². The minimum absolute atomic E-state index is 0.0472. The van der Waals surface area contributed by atoms with E-state index >= 15 is 0 Å². The summed E-state index contributed by atoms with van der Waals surface area (Å²) in [4.78, 5) is 11.8. The fourth-order valence-electron chi connectivity index (χ4n) is 1.70. The Kier molecular flexibility index (Phi) is 2.82. The van der Waals surface area contributed by atoms with Gasteiger partial charge in [0.2, 0.25) is 11.8 Å².